The van der Waals surface area contributed by atoms with E-state index in [0.717, 1.165) is 48.1 Å². The first-order chi connectivity index (χ1) is 13.0. The van der Waals surface area contributed by atoms with Gasteiger partial charge in [-0.05, 0) is 72.2 Å². The molecule has 2 aromatic rings. The van der Waals surface area contributed by atoms with Crippen molar-refractivity contribution in [1.82, 2.24) is 5.32 Å². The van der Waals surface area contributed by atoms with E-state index in [1.165, 1.54) is 18.4 Å². The largest absolute Gasteiger partial charge is 0.469 e. The SMILES string of the molecule is COC(=O)C1CC2(CC(NC(=O)c3sccc3Cc3ccc(Cl)cc3)C2)C1. The van der Waals surface area contributed by atoms with E-state index in [2.05, 4.69) is 5.32 Å². The summed E-state index contributed by atoms with van der Waals surface area (Å²) in [5.41, 5.74) is 2.43. The van der Waals surface area contributed by atoms with Gasteiger partial charge in [-0.2, -0.15) is 0 Å². The van der Waals surface area contributed by atoms with Crippen molar-refractivity contribution in [2.24, 2.45) is 11.3 Å². The van der Waals surface area contributed by atoms with Crippen LogP contribution in [0.3, 0.4) is 0 Å². The van der Waals surface area contributed by atoms with E-state index in [1.54, 1.807) is 0 Å². The third-order valence-electron chi connectivity index (χ3n) is 5.85. The molecule has 27 heavy (non-hydrogen) atoms. The Labute approximate surface area is 167 Å². The summed E-state index contributed by atoms with van der Waals surface area (Å²) in [5, 5.41) is 5.85. The molecule has 1 amide bonds. The van der Waals surface area contributed by atoms with E-state index >= 15 is 0 Å². The van der Waals surface area contributed by atoms with Crippen molar-refractivity contribution in [2.45, 2.75) is 38.1 Å². The molecule has 0 aliphatic heterocycles. The lowest BCUT2D eigenvalue weighted by Crippen LogP contribution is -2.57. The van der Waals surface area contributed by atoms with Crippen LogP contribution in [-0.4, -0.2) is 25.0 Å². The van der Waals surface area contributed by atoms with Crippen LogP contribution in [0.5, 0.6) is 0 Å². The number of thiophene rings is 1. The van der Waals surface area contributed by atoms with E-state index in [1.807, 2.05) is 35.7 Å². The third-order valence-corrected chi connectivity index (χ3v) is 7.06. The highest BCUT2D eigenvalue weighted by atomic mass is 35.5. The number of hydrogen-bond donors (Lipinski definition) is 1. The average Bonchev–Trinajstić information content (AvgIpc) is 3.05. The summed E-state index contributed by atoms with van der Waals surface area (Å²) in [6, 6.07) is 9.95. The van der Waals surface area contributed by atoms with Gasteiger partial charge in [-0.1, -0.05) is 23.7 Å². The normalized spacial score (nSPS) is 26.1. The number of rotatable bonds is 5. The molecule has 0 atom stereocenters. The van der Waals surface area contributed by atoms with E-state index in [9.17, 15) is 9.59 Å². The Morgan fingerprint density at radius 1 is 1.19 bits per heavy atom. The fourth-order valence-electron chi connectivity index (χ4n) is 4.49. The quantitative estimate of drug-likeness (QED) is 0.750. The molecule has 1 heterocycles. The molecule has 0 saturated heterocycles. The minimum Gasteiger partial charge on any atom is -0.469 e. The van der Waals surface area contributed by atoms with Crippen LogP contribution in [0.4, 0.5) is 0 Å². The lowest BCUT2D eigenvalue weighted by Gasteiger charge is -2.56. The number of methoxy groups -OCH3 is 1. The Bertz CT molecular complexity index is 847. The van der Waals surface area contributed by atoms with Crippen molar-refractivity contribution in [1.29, 1.82) is 0 Å². The van der Waals surface area contributed by atoms with Gasteiger partial charge < -0.3 is 10.1 Å². The summed E-state index contributed by atoms with van der Waals surface area (Å²) < 4.78 is 4.81. The number of hydrogen-bond acceptors (Lipinski definition) is 4. The van der Waals surface area contributed by atoms with Crippen molar-refractivity contribution in [3.8, 4) is 0 Å². The molecule has 2 aliphatic rings. The summed E-state index contributed by atoms with van der Waals surface area (Å²) in [4.78, 5) is 25.0. The number of nitrogens with one attached hydrogen (secondary N) is 1. The zero-order valence-corrected chi connectivity index (χ0v) is 16.7. The van der Waals surface area contributed by atoms with Crippen LogP contribution in [-0.2, 0) is 16.0 Å². The Balaban J connectivity index is 1.31. The van der Waals surface area contributed by atoms with Crippen LogP contribution in [0.25, 0.3) is 0 Å². The van der Waals surface area contributed by atoms with Gasteiger partial charge in [0.1, 0.15) is 0 Å². The zero-order valence-electron chi connectivity index (χ0n) is 15.2. The second-order valence-corrected chi connectivity index (χ2v) is 9.14. The highest BCUT2D eigenvalue weighted by Gasteiger charge is 2.55. The standard InChI is InChI=1S/C21H22ClNO3S/c1-26-20(25)15-9-21(10-15)11-17(12-21)23-19(24)18-14(6-7-27-18)8-13-2-4-16(22)5-3-13/h2-7,15,17H,8-12H2,1H3,(H,23,24). The van der Waals surface area contributed by atoms with Crippen LogP contribution in [0, 0.1) is 11.3 Å². The zero-order chi connectivity index (χ0) is 19.0. The Kier molecular flexibility index (Phi) is 4.99. The maximum absolute atomic E-state index is 12.7. The molecule has 2 aliphatic carbocycles. The van der Waals surface area contributed by atoms with E-state index in [-0.39, 0.29) is 29.3 Å². The smallest absolute Gasteiger partial charge is 0.308 e. The molecular weight excluding hydrogens is 382 g/mol. The molecule has 2 fully saturated rings. The second kappa shape index (κ2) is 7.28. The molecule has 0 bridgehead atoms. The van der Waals surface area contributed by atoms with E-state index < -0.39 is 0 Å². The number of carbonyl (C=O) groups is 2. The first kappa shape index (κ1) is 18.5. The number of benzene rings is 1. The summed E-state index contributed by atoms with van der Waals surface area (Å²) in [7, 11) is 1.44. The maximum atomic E-state index is 12.7. The molecular formula is C21H22ClNO3S. The van der Waals surface area contributed by atoms with Gasteiger partial charge in [-0.25, -0.2) is 0 Å². The number of ether oxygens (including phenoxy) is 1. The van der Waals surface area contributed by atoms with Gasteiger partial charge in [0, 0.05) is 11.1 Å². The second-order valence-electron chi connectivity index (χ2n) is 7.79. The number of halogens is 1. The van der Waals surface area contributed by atoms with Crippen LogP contribution < -0.4 is 5.32 Å². The van der Waals surface area contributed by atoms with Gasteiger partial charge in [0.15, 0.2) is 0 Å². The van der Waals surface area contributed by atoms with Gasteiger partial charge in [0.05, 0.1) is 17.9 Å². The molecule has 1 spiro atoms. The number of carbonyl (C=O) groups excluding carboxylic acids is 2. The Morgan fingerprint density at radius 3 is 2.56 bits per heavy atom. The fourth-order valence-corrected chi connectivity index (χ4v) is 5.44. The van der Waals surface area contributed by atoms with Crippen LogP contribution >= 0.6 is 22.9 Å². The molecule has 142 valence electrons. The predicted molar refractivity (Wildman–Crippen MR) is 106 cm³/mol. The van der Waals surface area contributed by atoms with E-state index in [4.69, 9.17) is 16.3 Å². The maximum Gasteiger partial charge on any atom is 0.308 e. The molecule has 1 N–H and O–H groups in total. The predicted octanol–water partition coefficient (Wildman–Crippen LogP) is 4.45. The number of amides is 1. The van der Waals surface area contributed by atoms with Gasteiger partial charge in [0.2, 0.25) is 0 Å². The lowest BCUT2D eigenvalue weighted by atomic mass is 9.50. The highest BCUT2D eigenvalue weighted by Crippen LogP contribution is 2.58. The highest BCUT2D eigenvalue weighted by molar-refractivity contribution is 7.12. The van der Waals surface area contributed by atoms with Crippen LogP contribution in [0.1, 0.15) is 46.5 Å². The summed E-state index contributed by atoms with van der Waals surface area (Å²) in [6.45, 7) is 0. The minimum atomic E-state index is -0.0986. The summed E-state index contributed by atoms with van der Waals surface area (Å²) >= 11 is 7.43. The molecule has 0 radical (unpaired) electrons. The summed E-state index contributed by atoms with van der Waals surface area (Å²) in [6.07, 6.45) is 4.44. The van der Waals surface area contributed by atoms with Gasteiger partial charge >= 0.3 is 5.97 Å². The Morgan fingerprint density at radius 2 is 1.89 bits per heavy atom. The van der Waals surface area contributed by atoms with Crippen molar-refractivity contribution in [3.63, 3.8) is 0 Å². The molecule has 6 heteroatoms. The van der Waals surface area contributed by atoms with Crippen molar-refractivity contribution < 1.29 is 14.3 Å². The monoisotopic (exact) mass is 403 g/mol. The topological polar surface area (TPSA) is 55.4 Å². The van der Waals surface area contributed by atoms with Gasteiger partial charge in [-0.15, -0.1) is 11.3 Å². The third kappa shape index (κ3) is 3.76. The molecule has 4 nitrogen and oxygen atoms in total. The number of esters is 1. The summed E-state index contributed by atoms with van der Waals surface area (Å²) in [5.74, 6) is -0.0360. The average molecular weight is 404 g/mol. The van der Waals surface area contributed by atoms with Gasteiger partial charge in [0.25, 0.3) is 5.91 Å². The van der Waals surface area contributed by atoms with E-state index in [0.29, 0.717) is 5.02 Å². The Hall–Kier alpha value is -1.85. The molecule has 4 rings (SSSR count). The first-order valence-electron chi connectivity index (χ1n) is 9.17. The lowest BCUT2D eigenvalue weighted by molar-refractivity contribution is -0.159. The fraction of sp³-hybridized carbons (Fsp3) is 0.429. The van der Waals surface area contributed by atoms with Crippen molar-refractivity contribution >= 4 is 34.8 Å². The van der Waals surface area contributed by atoms with Crippen molar-refractivity contribution in [3.05, 3.63) is 56.7 Å². The van der Waals surface area contributed by atoms with Crippen molar-refractivity contribution in [2.75, 3.05) is 7.11 Å². The molecule has 1 aromatic heterocycles. The minimum absolute atomic E-state index is 0.0117. The molecule has 0 unspecified atom stereocenters. The van der Waals surface area contributed by atoms with Crippen LogP contribution in [0.15, 0.2) is 35.7 Å². The molecule has 2 saturated carbocycles. The molecule has 1 aromatic carbocycles. The van der Waals surface area contributed by atoms with Crippen LogP contribution in [0.2, 0.25) is 5.02 Å². The first-order valence-corrected chi connectivity index (χ1v) is 10.4. The van der Waals surface area contributed by atoms with Gasteiger partial charge in [-0.3, -0.25) is 9.59 Å².